The maximum Gasteiger partial charge on any atom is 0.353 e. The van der Waals surface area contributed by atoms with Crippen LogP contribution in [0.1, 0.15) is 51.7 Å². The van der Waals surface area contributed by atoms with Gasteiger partial charge in [-0.3, -0.25) is 4.79 Å². The highest BCUT2D eigenvalue weighted by Gasteiger charge is 2.46. The first-order valence-corrected chi connectivity index (χ1v) is 10.8. The van der Waals surface area contributed by atoms with Crippen molar-refractivity contribution in [2.45, 2.75) is 51.9 Å². The molecule has 0 amide bonds. The number of hydrogen-bond acceptors (Lipinski definition) is 6. The third-order valence-electron chi connectivity index (χ3n) is 4.86. The van der Waals surface area contributed by atoms with Crippen LogP contribution in [0.5, 0.6) is 0 Å². The Morgan fingerprint density at radius 2 is 1.67 bits per heavy atom. The lowest BCUT2D eigenvalue weighted by Crippen LogP contribution is -2.43. The van der Waals surface area contributed by atoms with Crippen molar-refractivity contribution in [1.82, 2.24) is 0 Å². The Morgan fingerprint density at radius 3 is 2.20 bits per heavy atom. The van der Waals surface area contributed by atoms with E-state index in [0.717, 1.165) is 0 Å². The van der Waals surface area contributed by atoms with Crippen LogP contribution >= 0.6 is 11.6 Å². The lowest BCUT2D eigenvalue weighted by molar-refractivity contribution is -0.339. The molecule has 1 saturated heterocycles. The van der Waals surface area contributed by atoms with Crippen molar-refractivity contribution in [3.8, 4) is 11.8 Å². The smallest absolute Gasteiger partial charge is 0.353 e. The first-order valence-electron chi connectivity index (χ1n) is 10.5. The molecule has 0 unspecified atom stereocenters. The number of esters is 1. The second kappa shape index (κ2) is 11.7. The van der Waals surface area contributed by atoms with Gasteiger partial charge in [-0.2, -0.15) is 0 Å². The maximum atomic E-state index is 13.1. The molecule has 1 aromatic rings. The van der Waals surface area contributed by atoms with E-state index in [-0.39, 0.29) is 12.6 Å². The molecule has 1 aliphatic rings. The first kappa shape index (κ1) is 24.6. The van der Waals surface area contributed by atoms with Crippen LogP contribution in [0.4, 0.5) is 0 Å². The summed E-state index contributed by atoms with van der Waals surface area (Å²) in [5, 5.41) is 0.464. The predicted octanol–water partition coefficient (Wildman–Crippen LogP) is 4.07. The van der Waals surface area contributed by atoms with Crippen LogP contribution in [0.25, 0.3) is 0 Å². The fourth-order valence-corrected chi connectivity index (χ4v) is 3.96. The second-order valence-electron chi connectivity index (χ2n) is 6.68. The van der Waals surface area contributed by atoms with E-state index in [1.165, 1.54) is 0 Å². The Bertz CT molecular complexity index is 744. The fourth-order valence-electron chi connectivity index (χ4n) is 3.61. The van der Waals surface area contributed by atoms with E-state index in [1.807, 2.05) is 26.8 Å². The van der Waals surface area contributed by atoms with Crippen LogP contribution in [-0.2, 0) is 33.9 Å². The summed E-state index contributed by atoms with van der Waals surface area (Å²) in [6.07, 6.45) is 0.940. The van der Waals surface area contributed by atoms with E-state index in [1.54, 1.807) is 19.1 Å². The van der Waals surface area contributed by atoms with Gasteiger partial charge in [-0.15, -0.1) is 0 Å². The van der Waals surface area contributed by atoms with E-state index in [9.17, 15) is 4.79 Å². The number of hydrogen-bond donors (Lipinski definition) is 0. The standard InChI is InChI=1S/C23H31ClO6/c1-5-27-21(25)22(14-16-26-17-15-22)20-18(10-9-11-19(20)24)12-13-23(28-6-2,29-7-3)30-8-4/h9-11H,5-8,14-17H2,1-4H3. The largest absolute Gasteiger partial charge is 0.465 e. The maximum absolute atomic E-state index is 13.1. The van der Waals surface area contributed by atoms with Crippen molar-refractivity contribution in [3.05, 3.63) is 34.3 Å². The fraction of sp³-hybridized carbons (Fsp3) is 0.609. The highest BCUT2D eigenvalue weighted by Crippen LogP contribution is 2.41. The average molecular weight is 439 g/mol. The summed E-state index contributed by atoms with van der Waals surface area (Å²) in [6, 6.07) is 5.40. The summed E-state index contributed by atoms with van der Waals surface area (Å²) in [6.45, 7) is 9.58. The van der Waals surface area contributed by atoms with Gasteiger partial charge in [0.1, 0.15) is 0 Å². The average Bonchev–Trinajstić information content (AvgIpc) is 2.73. The molecule has 1 aliphatic heterocycles. The highest BCUT2D eigenvalue weighted by molar-refractivity contribution is 6.32. The number of carbonyl (C=O) groups excluding carboxylic acids is 1. The number of benzene rings is 1. The Labute approximate surface area is 184 Å². The van der Waals surface area contributed by atoms with Crippen molar-refractivity contribution >= 4 is 17.6 Å². The number of carbonyl (C=O) groups is 1. The molecule has 0 aromatic heterocycles. The molecular formula is C23H31ClO6. The third-order valence-corrected chi connectivity index (χ3v) is 5.17. The second-order valence-corrected chi connectivity index (χ2v) is 7.09. The zero-order chi connectivity index (χ0) is 22.0. The molecule has 7 heteroatoms. The Hall–Kier alpha value is -1.62. The molecule has 30 heavy (non-hydrogen) atoms. The normalized spacial score (nSPS) is 15.9. The van der Waals surface area contributed by atoms with E-state index in [2.05, 4.69) is 11.8 Å². The van der Waals surface area contributed by atoms with Crippen LogP contribution in [0, 0.1) is 11.8 Å². The van der Waals surface area contributed by atoms with E-state index >= 15 is 0 Å². The molecule has 0 spiro atoms. The monoisotopic (exact) mass is 438 g/mol. The molecule has 1 heterocycles. The minimum absolute atomic E-state index is 0.287. The lowest BCUT2D eigenvalue weighted by Gasteiger charge is -2.36. The summed E-state index contributed by atoms with van der Waals surface area (Å²) >= 11 is 6.62. The topological polar surface area (TPSA) is 63.2 Å². The molecule has 0 radical (unpaired) electrons. The number of rotatable bonds is 9. The van der Waals surface area contributed by atoms with Gasteiger partial charge in [-0.05, 0) is 58.6 Å². The van der Waals surface area contributed by atoms with Crippen molar-refractivity contribution in [3.63, 3.8) is 0 Å². The van der Waals surface area contributed by atoms with Crippen LogP contribution in [-0.4, -0.2) is 51.6 Å². The van der Waals surface area contributed by atoms with Gasteiger partial charge in [-0.25, -0.2) is 0 Å². The Morgan fingerprint density at radius 1 is 1.07 bits per heavy atom. The van der Waals surface area contributed by atoms with Gasteiger partial charge in [0.05, 0.1) is 31.8 Å². The molecule has 0 atom stereocenters. The minimum atomic E-state index is -1.48. The summed E-state index contributed by atoms with van der Waals surface area (Å²) < 4.78 is 28.0. The molecule has 0 aliphatic carbocycles. The molecule has 0 N–H and O–H groups in total. The summed E-state index contributed by atoms with van der Waals surface area (Å²) in [4.78, 5) is 13.1. The summed E-state index contributed by atoms with van der Waals surface area (Å²) in [7, 11) is 0. The van der Waals surface area contributed by atoms with Gasteiger partial charge < -0.3 is 23.7 Å². The SMILES string of the molecule is CCOC(=O)C1(c2c(Cl)cccc2C#CC(OCC)(OCC)OCC)CCOCC1. The third kappa shape index (κ3) is 5.54. The first-order chi connectivity index (χ1) is 14.5. The molecule has 2 rings (SSSR count). The van der Waals surface area contributed by atoms with Gasteiger partial charge in [0.25, 0.3) is 0 Å². The van der Waals surface area contributed by atoms with Crippen LogP contribution in [0.3, 0.4) is 0 Å². The minimum Gasteiger partial charge on any atom is -0.465 e. The lowest BCUT2D eigenvalue weighted by atomic mass is 9.72. The zero-order valence-corrected chi connectivity index (χ0v) is 19.0. The zero-order valence-electron chi connectivity index (χ0n) is 18.2. The molecule has 1 aromatic carbocycles. The van der Waals surface area contributed by atoms with Gasteiger partial charge in [0, 0.05) is 29.4 Å². The molecule has 0 bridgehead atoms. The molecule has 0 saturated carbocycles. The molecule has 6 nitrogen and oxygen atoms in total. The molecular weight excluding hydrogens is 408 g/mol. The quantitative estimate of drug-likeness (QED) is 0.329. The van der Waals surface area contributed by atoms with Gasteiger partial charge in [-0.1, -0.05) is 23.6 Å². The van der Waals surface area contributed by atoms with Gasteiger partial charge >= 0.3 is 11.9 Å². The van der Waals surface area contributed by atoms with Crippen molar-refractivity contribution in [2.75, 3.05) is 39.6 Å². The van der Waals surface area contributed by atoms with Gasteiger partial charge in [0.2, 0.25) is 0 Å². The van der Waals surface area contributed by atoms with Crippen molar-refractivity contribution in [2.24, 2.45) is 0 Å². The van der Waals surface area contributed by atoms with Crippen molar-refractivity contribution in [1.29, 1.82) is 0 Å². The predicted molar refractivity (Wildman–Crippen MR) is 114 cm³/mol. The van der Waals surface area contributed by atoms with Gasteiger partial charge in [0.15, 0.2) is 0 Å². The summed E-state index contributed by atoms with van der Waals surface area (Å²) in [5.74, 6) is 4.31. The highest BCUT2D eigenvalue weighted by atomic mass is 35.5. The van der Waals surface area contributed by atoms with Crippen molar-refractivity contribution < 1.29 is 28.5 Å². The van der Waals surface area contributed by atoms with Crippen LogP contribution in [0.15, 0.2) is 18.2 Å². The molecule has 1 fully saturated rings. The van der Waals surface area contributed by atoms with E-state index in [0.29, 0.717) is 62.0 Å². The number of halogens is 1. The Balaban J connectivity index is 2.60. The Kier molecular flexibility index (Phi) is 9.60. The van der Waals surface area contributed by atoms with Crippen LogP contribution < -0.4 is 0 Å². The summed E-state index contributed by atoms with van der Waals surface area (Å²) in [5.41, 5.74) is 0.350. The van der Waals surface area contributed by atoms with Crippen LogP contribution in [0.2, 0.25) is 5.02 Å². The van der Waals surface area contributed by atoms with E-state index in [4.69, 9.17) is 35.3 Å². The number of ether oxygens (including phenoxy) is 5. The molecule has 166 valence electrons. The van der Waals surface area contributed by atoms with E-state index < -0.39 is 11.4 Å².